The average molecular weight is 219 g/mol. The highest BCUT2D eigenvalue weighted by Gasteiger charge is 2.46. The van der Waals surface area contributed by atoms with Crippen LogP contribution in [0.2, 0.25) is 0 Å². The van der Waals surface area contributed by atoms with Crippen LogP contribution >= 0.6 is 0 Å². The second-order valence-corrected chi connectivity index (χ2v) is 4.37. The van der Waals surface area contributed by atoms with Crippen LogP contribution in [-0.2, 0) is 6.42 Å². The Balaban J connectivity index is 2.40. The van der Waals surface area contributed by atoms with Crippen LogP contribution in [0.5, 0.6) is 5.75 Å². The summed E-state index contributed by atoms with van der Waals surface area (Å²) in [5.41, 5.74) is 7.07. The fourth-order valence-corrected chi connectivity index (χ4v) is 1.78. The van der Waals surface area contributed by atoms with Crippen LogP contribution in [0.25, 0.3) is 0 Å². The van der Waals surface area contributed by atoms with Crippen LogP contribution in [-0.4, -0.2) is 18.4 Å². The van der Waals surface area contributed by atoms with E-state index < -0.39 is 5.54 Å². The molecule has 1 saturated carbocycles. The summed E-state index contributed by atoms with van der Waals surface area (Å²) in [7, 11) is 1.58. The lowest BCUT2D eigenvalue weighted by Crippen LogP contribution is -2.33. The minimum atomic E-state index is -0.625. The molecule has 1 aliphatic carbocycles. The number of hydrogen-bond acceptors (Lipinski definition) is 3. The van der Waals surface area contributed by atoms with Gasteiger partial charge in [0.05, 0.1) is 18.2 Å². The molecule has 0 aromatic heterocycles. The van der Waals surface area contributed by atoms with Crippen molar-refractivity contribution in [3.05, 3.63) is 29.3 Å². The van der Waals surface area contributed by atoms with Gasteiger partial charge in [-0.15, -0.1) is 0 Å². The average Bonchev–Trinajstić information content (AvgIpc) is 3.06. The molecule has 0 bridgehead atoms. The Morgan fingerprint density at radius 1 is 1.50 bits per heavy atom. The monoisotopic (exact) mass is 219 g/mol. The highest BCUT2D eigenvalue weighted by atomic mass is 16.5. The molecule has 0 amide bonds. The summed E-state index contributed by atoms with van der Waals surface area (Å²) in [6.07, 6.45) is 2.47. The molecular formula is C13H17NO2. The van der Waals surface area contributed by atoms with Gasteiger partial charge in [0.25, 0.3) is 0 Å². The van der Waals surface area contributed by atoms with Gasteiger partial charge < -0.3 is 10.5 Å². The highest BCUT2D eigenvalue weighted by molar-refractivity contribution is 6.07. The van der Waals surface area contributed by atoms with E-state index in [9.17, 15) is 4.79 Å². The quantitative estimate of drug-likeness (QED) is 0.787. The summed E-state index contributed by atoms with van der Waals surface area (Å²) in [5.74, 6) is 0.638. The number of rotatable bonds is 4. The molecule has 2 N–H and O–H groups in total. The Hall–Kier alpha value is -1.35. The van der Waals surface area contributed by atoms with E-state index >= 15 is 0 Å². The Bertz CT molecular complexity index is 422. The molecule has 1 aromatic carbocycles. The van der Waals surface area contributed by atoms with Gasteiger partial charge >= 0.3 is 0 Å². The molecule has 0 heterocycles. The lowest BCUT2D eigenvalue weighted by Gasteiger charge is -2.12. The summed E-state index contributed by atoms with van der Waals surface area (Å²) >= 11 is 0. The maximum atomic E-state index is 12.2. The molecule has 0 saturated heterocycles. The van der Waals surface area contributed by atoms with E-state index in [-0.39, 0.29) is 5.78 Å². The third-order valence-electron chi connectivity index (χ3n) is 3.16. The third kappa shape index (κ3) is 1.83. The summed E-state index contributed by atoms with van der Waals surface area (Å²) < 4.78 is 5.21. The Kier molecular flexibility index (Phi) is 2.72. The van der Waals surface area contributed by atoms with Crippen molar-refractivity contribution in [2.24, 2.45) is 5.73 Å². The van der Waals surface area contributed by atoms with Gasteiger partial charge in [0.15, 0.2) is 5.78 Å². The van der Waals surface area contributed by atoms with Gasteiger partial charge in [0.2, 0.25) is 0 Å². The first-order valence-electron chi connectivity index (χ1n) is 5.61. The van der Waals surface area contributed by atoms with Crippen LogP contribution < -0.4 is 10.5 Å². The van der Waals surface area contributed by atoms with E-state index in [0.29, 0.717) is 11.3 Å². The van der Waals surface area contributed by atoms with Crippen molar-refractivity contribution in [1.82, 2.24) is 0 Å². The van der Waals surface area contributed by atoms with E-state index in [1.54, 1.807) is 7.11 Å². The van der Waals surface area contributed by atoms with Crippen LogP contribution in [0.3, 0.4) is 0 Å². The van der Waals surface area contributed by atoms with Crippen molar-refractivity contribution < 1.29 is 9.53 Å². The molecule has 0 aliphatic heterocycles. The Labute approximate surface area is 95.6 Å². The number of methoxy groups -OCH3 is 1. The van der Waals surface area contributed by atoms with Gasteiger partial charge in [-0.3, -0.25) is 4.79 Å². The topological polar surface area (TPSA) is 52.3 Å². The van der Waals surface area contributed by atoms with E-state index in [1.165, 1.54) is 0 Å². The molecule has 1 aliphatic rings. The minimum Gasteiger partial charge on any atom is -0.496 e. The van der Waals surface area contributed by atoms with Crippen molar-refractivity contribution in [1.29, 1.82) is 0 Å². The zero-order chi connectivity index (χ0) is 11.8. The molecule has 0 spiro atoms. The first kappa shape index (κ1) is 11.1. The number of ketones is 1. The highest BCUT2D eigenvalue weighted by Crippen LogP contribution is 2.37. The van der Waals surface area contributed by atoms with Gasteiger partial charge in [-0.1, -0.05) is 13.0 Å². The zero-order valence-corrected chi connectivity index (χ0v) is 9.75. The number of ether oxygens (including phenoxy) is 1. The van der Waals surface area contributed by atoms with Crippen LogP contribution in [0.4, 0.5) is 0 Å². The third-order valence-corrected chi connectivity index (χ3v) is 3.16. The number of aryl methyl sites for hydroxylation is 1. The first-order chi connectivity index (χ1) is 7.60. The maximum absolute atomic E-state index is 12.2. The molecule has 1 aromatic rings. The van der Waals surface area contributed by atoms with Crippen LogP contribution in [0.15, 0.2) is 18.2 Å². The molecule has 1 fully saturated rings. The Morgan fingerprint density at radius 2 is 2.19 bits per heavy atom. The molecule has 0 unspecified atom stereocenters. The van der Waals surface area contributed by atoms with Gasteiger partial charge in [0.1, 0.15) is 5.75 Å². The Morgan fingerprint density at radius 3 is 2.69 bits per heavy atom. The van der Waals surface area contributed by atoms with Crippen LogP contribution in [0, 0.1) is 0 Å². The van der Waals surface area contributed by atoms with Crippen LogP contribution in [0.1, 0.15) is 35.7 Å². The molecule has 86 valence electrons. The van der Waals surface area contributed by atoms with Crippen molar-refractivity contribution >= 4 is 5.78 Å². The number of carbonyl (C=O) groups is 1. The smallest absolute Gasteiger partial charge is 0.186 e. The van der Waals surface area contributed by atoms with Gasteiger partial charge in [-0.2, -0.15) is 0 Å². The lowest BCUT2D eigenvalue weighted by atomic mass is 9.99. The number of carbonyl (C=O) groups excluding carboxylic acids is 1. The van der Waals surface area contributed by atoms with E-state index in [4.69, 9.17) is 10.5 Å². The van der Waals surface area contributed by atoms with E-state index in [0.717, 1.165) is 24.8 Å². The number of Topliss-reactive ketones (excluding diaryl/α,β-unsaturated/α-hetero) is 1. The summed E-state index contributed by atoms with van der Waals surface area (Å²) in [5, 5.41) is 0. The fraction of sp³-hybridized carbons (Fsp3) is 0.462. The second kappa shape index (κ2) is 3.91. The predicted octanol–water partition coefficient (Wildman–Crippen LogP) is 1.93. The molecule has 16 heavy (non-hydrogen) atoms. The molecular weight excluding hydrogens is 202 g/mol. The number of hydrogen-bond donors (Lipinski definition) is 1. The van der Waals surface area contributed by atoms with Gasteiger partial charge in [-0.25, -0.2) is 0 Å². The van der Waals surface area contributed by atoms with E-state index in [2.05, 4.69) is 6.92 Å². The standard InChI is InChI=1S/C13H17NO2/c1-3-9-4-5-11(16-2)10(8-9)12(15)13(14)6-7-13/h4-5,8H,3,6-7,14H2,1-2H3. The molecule has 0 radical (unpaired) electrons. The minimum absolute atomic E-state index is 0.0136. The SMILES string of the molecule is CCc1ccc(OC)c(C(=O)C2(N)CC2)c1. The summed E-state index contributed by atoms with van der Waals surface area (Å²) in [4.78, 5) is 12.2. The largest absolute Gasteiger partial charge is 0.496 e. The molecule has 0 atom stereocenters. The lowest BCUT2D eigenvalue weighted by molar-refractivity contribution is 0.0946. The normalized spacial score (nSPS) is 16.9. The second-order valence-electron chi connectivity index (χ2n) is 4.37. The molecule has 2 rings (SSSR count). The summed E-state index contributed by atoms with van der Waals surface area (Å²) in [6.45, 7) is 2.06. The number of nitrogens with two attached hydrogens (primary N) is 1. The van der Waals surface area contributed by atoms with Crippen molar-refractivity contribution in [3.8, 4) is 5.75 Å². The van der Waals surface area contributed by atoms with Crippen molar-refractivity contribution in [2.75, 3.05) is 7.11 Å². The van der Waals surface area contributed by atoms with Gasteiger partial charge in [0, 0.05) is 0 Å². The van der Waals surface area contributed by atoms with Crippen molar-refractivity contribution in [3.63, 3.8) is 0 Å². The molecule has 3 heteroatoms. The zero-order valence-electron chi connectivity index (χ0n) is 9.75. The fourth-order valence-electron chi connectivity index (χ4n) is 1.78. The maximum Gasteiger partial charge on any atom is 0.186 e. The first-order valence-corrected chi connectivity index (χ1v) is 5.61. The summed E-state index contributed by atoms with van der Waals surface area (Å²) in [6, 6.07) is 5.72. The molecule has 3 nitrogen and oxygen atoms in total. The van der Waals surface area contributed by atoms with Crippen molar-refractivity contribution in [2.45, 2.75) is 31.7 Å². The predicted molar refractivity (Wildman–Crippen MR) is 62.9 cm³/mol. The van der Waals surface area contributed by atoms with E-state index in [1.807, 2.05) is 18.2 Å². The van der Waals surface area contributed by atoms with Gasteiger partial charge in [-0.05, 0) is 37.0 Å². The number of benzene rings is 1.